The SMILES string of the molecule is C.C#CC#CC.CCCCCCCCOC(=O)C(C)Cl.CCCCCCCCOC(=O)C(C)Oc1ccc(-c2nc(-c3ccc(OC(C)C(=O)OCCCCCCCC)cc3O)nc(-c3ccc(OC(C)C(=O)OCCCCCCCC)cc3O)n2)c(O)c1.O=CO[O-].Oc1ccc(-c2nc(-c3ccc(O)cc3O)nc(-c3ccc(O)cc3O)n2)c(O)c1.[2H]CF.[B]B([B])[B].[H-].[K+].[K+]. The van der Waals surface area contributed by atoms with Gasteiger partial charge in [0.2, 0.25) is 0 Å². The van der Waals surface area contributed by atoms with Gasteiger partial charge in [-0.25, -0.2) is 44.3 Å². The van der Waals surface area contributed by atoms with Crippen molar-refractivity contribution in [2.45, 2.75) is 248 Å². The van der Waals surface area contributed by atoms with Crippen LogP contribution in [0.15, 0.2) is 109 Å². The first-order valence-corrected chi connectivity index (χ1v) is 42.9. The number of rotatable bonds is 45. The Morgan fingerprint density at radius 1 is 0.435 bits per heavy atom. The number of benzene rings is 6. The van der Waals surface area contributed by atoms with E-state index >= 15 is 0 Å². The fourth-order valence-corrected chi connectivity index (χ4v) is 11.5. The molecular formula is C94H124B4ClFK2N6O23. The Morgan fingerprint density at radius 2 is 0.634 bits per heavy atom. The van der Waals surface area contributed by atoms with Crippen molar-refractivity contribution in [3.8, 4) is 162 Å². The van der Waals surface area contributed by atoms with Crippen LogP contribution in [0, 0.1) is 24.2 Å². The van der Waals surface area contributed by atoms with E-state index in [9.17, 15) is 69.5 Å². The van der Waals surface area contributed by atoms with E-state index in [4.69, 9.17) is 62.6 Å². The Hall–Kier alpha value is -8.88. The number of carbonyl (C=O) groups is 5. The van der Waals surface area contributed by atoms with Crippen molar-refractivity contribution >= 4 is 71.5 Å². The van der Waals surface area contributed by atoms with Gasteiger partial charge in [-0.2, -0.15) is 0 Å². The van der Waals surface area contributed by atoms with Crippen LogP contribution < -0.4 is 122 Å². The molecule has 2 aromatic heterocycles. The Bertz CT molecular complexity index is 4360. The van der Waals surface area contributed by atoms with Crippen molar-refractivity contribution in [1.82, 2.24) is 29.9 Å². The smallest absolute Gasteiger partial charge is 1.00 e. The summed E-state index contributed by atoms with van der Waals surface area (Å²) in [6.07, 6.45) is 27.4. The van der Waals surface area contributed by atoms with Crippen LogP contribution in [0.1, 0.15) is 227 Å². The molecule has 8 aromatic rings. The zero-order chi connectivity index (χ0) is 96.0. The molecule has 0 aliphatic rings. The van der Waals surface area contributed by atoms with Gasteiger partial charge in [0.25, 0.3) is 6.47 Å². The number of ether oxygens (including phenoxy) is 7. The zero-order valence-corrected chi connectivity index (χ0v) is 83.4. The minimum Gasteiger partial charge on any atom is -1.00 e. The van der Waals surface area contributed by atoms with Gasteiger partial charge < -0.3 is 90.7 Å². The third-order valence-electron chi connectivity index (χ3n) is 18.0. The Labute approximate surface area is 867 Å². The summed E-state index contributed by atoms with van der Waals surface area (Å²) in [6, 6.07) is 24.7. The first kappa shape index (κ1) is 122. The molecule has 0 saturated heterocycles. The molecule has 8 rings (SSSR count). The maximum Gasteiger partial charge on any atom is 1.00 e. The van der Waals surface area contributed by atoms with Gasteiger partial charge in [-0.3, -0.25) is 14.0 Å². The zero-order valence-electron chi connectivity index (χ0n) is 78.4. The van der Waals surface area contributed by atoms with Crippen molar-refractivity contribution < 1.29 is 223 Å². The maximum absolute atomic E-state index is 12.7. The van der Waals surface area contributed by atoms with Crippen LogP contribution >= 0.6 is 11.6 Å². The Balaban J connectivity index is -0.00000214. The van der Waals surface area contributed by atoms with Crippen molar-refractivity contribution in [3.63, 3.8) is 0 Å². The molecule has 4 atom stereocenters. The van der Waals surface area contributed by atoms with Gasteiger partial charge in [0.05, 0.1) is 68.3 Å². The Kier molecular flexibility index (Phi) is 68.6. The number of carbonyl (C=O) groups excluding carboxylic acids is 5. The van der Waals surface area contributed by atoms with Gasteiger partial charge in [-0.15, -0.1) is 18.0 Å². The molecule has 0 amide bonds. The largest absolute Gasteiger partial charge is 1.00 e. The molecule has 0 fully saturated rings. The molecule has 0 aliphatic heterocycles. The topological polar surface area (TPSA) is 442 Å². The van der Waals surface area contributed by atoms with E-state index in [1.807, 2.05) is 0 Å². The summed E-state index contributed by atoms with van der Waals surface area (Å²) in [5, 5.41) is 101. The molecule has 131 heavy (non-hydrogen) atoms. The molecule has 0 bridgehead atoms. The van der Waals surface area contributed by atoms with Crippen LogP contribution in [-0.4, -0.2) is 193 Å². The molecular weight excluding hydrogens is 1760 g/mol. The number of alkyl halides is 2. The number of aromatic nitrogens is 6. The number of esters is 4. The third-order valence-corrected chi connectivity index (χ3v) is 18.2. The number of unbranched alkanes of at least 4 members (excludes halogenated alkanes) is 20. The standard InChI is InChI=1S/C54H75N3O12.C21H15N3O6.C11H21ClO2.C5H4.CH3F.CH2O3.CH4.B4.2K.H/c1-7-10-13-16-19-22-31-64-52(61)37(4)67-40-25-28-43(46(58)34-40)49-55-50(44-29-26-41(35-47(44)59)68-38(5)53(62)65-32-23-20-17-14-11-8-2)57-51(56-49)45-30-27-42(36-48(45)60)69-39(6)54(63)66-33-24-21-18-15-12-9-3;25-10-1-4-13(16(28)7-10)19-22-20(14-5-2-11(26)8-17(14)29)24-21(23-19)15-6-3-12(27)9-18(15)30;1-3-4-5-6-7-8-9-14-11(13)10(2)12;1-3-5-4-2;1-2;2-1-4-3;;1-4(2)3;;;/h25-30,34-39,58-60H,7-24,31-33H2,1-6H3;1-9,25-30H;10H,3-9H2,1-2H3;1H,2H3;1H3;1,3H;1H4;;;;/q;;;;;;;;2*+1;-1/p-1/i;;;;1D;;;;;;. The van der Waals surface area contributed by atoms with Gasteiger partial charge in [-0.05, 0) is 145 Å². The monoisotopic (exact) mass is 1880 g/mol. The van der Waals surface area contributed by atoms with Gasteiger partial charge in [0.1, 0.15) is 74.4 Å². The van der Waals surface area contributed by atoms with Crippen LogP contribution in [0.5, 0.6) is 69.0 Å². The number of phenols is 9. The second-order valence-electron chi connectivity index (χ2n) is 28.7. The van der Waals surface area contributed by atoms with E-state index in [2.05, 4.69) is 103 Å². The summed E-state index contributed by atoms with van der Waals surface area (Å²) in [6.45, 7) is 17.9. The van der Waals surface area contributed by atoms with E-state index < -0.39 is 55.1 Å². The Morgan fingerprint density at radius 3 is 0.809 bits per heavy atom. The number of halogens is 2. The third kappa shape index (κ3) is 50.7. The van der Waals surface area contributed by atoms with Crippen LogP contribution in [0.25, 0.3) is 68.3 Å². The van der Waals surface area contributed by atoms with Gasteiger partial charge in [-0.1, -0.05) is 169 Å². The number of phenolic OH excluding ortho intramolecular Hbond substituents is 9. The van der Waals surface area contributed by atoms with Crippen molar-refractivity contribution in [3.05, 3.63) is 109 Å². The number of aromatic hydroxyl groups is 9. The summed E-state index contributed by atoms with van der Waals surface area (Å²) < 4.78 is 54.2. The van der Waals surface area contributed by atoms with Crippen LogP contribution in [0.2, 0.25) is 0 Å². The molecule has 29 nitrogen and oxygen atoms in total. The molecule has 0 aliphatic carbocycles. The van der Waals surface area contributed by atoms with Gasteiger partial charge in [0.15, 0.2) is 53.3 Å². The van der Waals surface area contributed by atoms with E-state index in [1.165, 1.54) is 118 Å². The minimum absolute atomic E-state index is 0. The summed E-state index contributed by atoms with van der Waals surface area (Å²) in [7, 11) is 13.0. The van der Waals surface area contributed by atoms with Crippen molar-refractivity contribution in [1.29, 1.82) is 0 Å². The fraction of sp³-hybridized carbons (Fsp3) is 0.457. The van der Waals surface area contributed by atoms with Crippen LogP contribution in [-0.2, 0) is 47.8 Å². The predicted molar refractivity (Wildman–Crippen MR) is 498 cm³/mol. The van der Waals surface area contributed by atoms with E-state index in [0.29, 0.717) is 26.4 Å². The van der Waals surface area contributed by atoms with Crippen molar-refractivity contribution in [2.24, 2.45) is 0 Å². The normalized spacial score (nSPS) is 11.0. The molecule has 696 valence electrons. The molecule has 0 spiro atoms. The quantitative estimate of drug-likeness (QED) is 0.00197. The second kappa shape index (κ2) is 73.6. The molecule has 9 N–H and O–H groups in total. The molecule has 6 aromatic carbocycles. The van der Waals surface area contributed by atoms with Crippen molar-refractivity contribution in [2.75, 3.05) is 33.6 Å². The molecule has 37 heteroatoms. The fourth-order valence-electron chi connectivity index (χ4n) is 11.4. The minimum atomic E-state index is -1.00. The summed E-state index contributed by atoms with van der Waals surface area (Å²) in [5.41, 5.74) is 0.959. The number of nitrogens with zero attached hydrogens (tertiary/aromatic N) is 6. The van der Waals surface area contributed by atoms with Gasteiger partial charge >= 0.3 is 127 Å². The summed E-state index contributed by atoms with van der Waals surface area (Å²) in [4.78, 5) is 87.0. The van der Waals surface area contributed by atoms with Crippen LogP contribution in [0.3, 0.4) is 0 Å². The number of hydrogen-bond acceptors (Lipinski definition) is 29. The van der Waals surface area contributed by atoms with E-state index in [1.54, 1.807) is 52.8 Å². The second-order valence-corrected chi connectivity index (χ2v) is 29.3. The number of hydrogen-bond donors (Lipinski definition) is 9. The maximum atomic E-state index is 12.7. The first-order valence-electron chi connectivity index (χ1n) is 43.1. The van der Waals surface area contributed by atoms with Gasteiger partial charge in [0, 0.05) is 66.0 Å². The molecule has 4 unspecified atom stereocenters. The van der Waals surface area contributed by atoms with E-state index in [0.717, 1.165) is 127 Å². The first-order chi connectivity index (χ1) is 61.8. The molecule has 6 radical (unpaired) electrons. The average molecular weight is 1880 g/mol. The molecule has 2 heterocycles. The van der Waals surface area contributed by atoms with E-state index in [-0.39, 0.29) is 261 Å². The van der Waals surface area contributed by atoms with Crippen LogP contribution in [0.4, 0.5) is 4.39 Å². The molecule has 0 saturated carbocycles. The summed E-state index contributed by atoms with van der Waals surface area (Å²) >= 11 is 5.54. The number of terminal acetylenes is 1. The predicted octanol–water partition coefficient (Wildman–Crippen LogP) is 11.5. The summed E-state index contributed by atoms with van der Waals surface area (Å²) in [5.74, 6) is 3.48. The average Bonchev–Trinajstić information content (AvgIpc) is 0.785.